The molecule has 1 N–H and O–H groups in total. The number of aromatic nitrogens is 1. The second-order valence-corrected chi connectivity index (χ2v) is 4.24. The first-order chi connectivity index (χ1) is 8.91. The highest BCUT2D eigenvalue weighted by molar-refractivity contribution is 5.94. The molecule has 0 aliphatic rings. The molecule has 0 spiro atoms. The van der Waals surface area contributed by atoms with Crippen molar-refractivity contribution in [3.05, 3.63) is 57.6 Å². The fraction of sp³-hybridized carbons (Fsp3) is 0.143. The van der Waals surface area contributed by atoms with E-state index in [4.69, 9.17) is 0 Å². The zero-order valence-corrected chi connectivity index (χ0v) is 10.5. The fourth-order valence-corrected chi connectivity index (χ4v) is 1.97. The van der Waals surface area contributed by atoms with Gasteiger partial charge in [-0.15, -0.1) is 0 Å². The molecule has 0 fully saturated rings. The van der Waals surface area contributed by atoms with Crippen molar-refractivity contribution in [1.29, 1.82) is 0 Å². The third-order valence-electron chi connectivity index (χ3n) is 3.02. The molecule has 2 aromatic rings. The number of rotatable bonds is 2. The summed E-state index contributed by atoms with van der Waals surface area (Å²) in [5, 5.41) is 9.19. The molecule has 5 heteroatoms. The van der Waals surface area contributed by atoms with Crippen molar-refractivity contribution >= 4 is 5.97 Å². The SMILES string of the molecule is Cc1cc(=O)c(C(=O)O)c(-c2ccc(F)cc2)n1C. The molecule has 0 bridgehead atoms. The summed E-state index contributed by atoms with van der Waals surface area (Å²) in [4.78, 5) is 23.1. The number of carboxylic acid groups (broad SMARTS) is 1. The lowest BCUT2D eigenvalue weighted by Gasteiger charge is -2.14. The van der Waals surface area contributed by atoms with Crippen molar-refractivity contribution in [3.8, 4) is 11.3 Å². The van der Waals surface area contributed by atoms with E-state index in [1.165, 1.54) is 30.3 Å². The smallest absolute Gasteiger partial charge is 0.341 e. The highest BCUT2D eigenvalue weighted by atomic mass is 19.1. The number of aromatic carboxylic acids is 1. The Morgan fingerprint density at radius 2 is 1.84 bits per heavy atom. The summed E-state index contributed by atoms with van der Waals surface area (Å²) in [7, 11) is 1.67. The van der Waals surface area contributed by atoms with Crippen molar-refractivity contribution in [2.24, 2.45) is 7.05 Å². The number of pyridine rings is 1. The number of aryl methyl sites for hydroxylation is 1. The van der Waals surface area contributed by atoms with E-state index in [-0.39, 0.29) is 11.3 Å². The predicted octanol–water partition coefficient (Wildman–Crippen LogP) is 2.20. The molecule has 19 heavy (non-hydrogen) atoms. The Balaban J connectivity index is 2.84. The highest BCUT2D eigenvalue weighted by Crippen LogP contribution is 2.22. The number of nitrogens with zero attached hydrogens (tertiary/aromatic N) is 1. The zero-order valence-electron chi connectivity index (χ0n) is 10.5. The third-order valence-corrected chi connectivity index (χ3v) is 3.02. The minimum atomic E-state index is -1.29. The monoisotopic (exact) mass is 261 g/mol. The van der Waals surface area contributed by atoms with Crippen molar-refractivity contribution in [3.63, 3.8) is 0 Å². The molecular weight excluding hydrogens is 249 g/mol. The molecule has 0 aliphatic heterocycles. The molecule has 1 aromatic heterocycles. The lowest BCUT2D eigenvalue weighted by atomic mass is 10.0. The molecule has 98 valence electrons. The van der Waals surface area contributed by atoms with Crippen LogP contribution in [0.4, 0.5) is 4.39 Å². The quantitative estimate of drug-likeness (QED) is 0.901. The van der Waals surface area contributed by atoms with E-state index in [2.05, 4.69) is 0 Å². The Morgan fingerprint density at radius 3 is 2.37 bits per heavy atom. The summed E-state index contributed by atoms with van der Waals surface area (Å²) in [6.07, 6.45) is 0. The molecule has 0 radical (unpaired) electrons. The molecule has 0 unspecified atom stereocenters. The van der Waals surface area contributed by atoms with E-state index < -0.39 is 17.2 Å². The van der Waals surface area contributed by atoms with Gasteiger partial charge in [0, 0.05) is 18.8 Å². The Labute approximate surface area is 108 Å². The second kappa shape index (κ2) is 4.68. The average molecular weight is 261 g/mol. The van der Waals surface area contributed by atoms with Crippen LogP contribution in [-0.4, -0.2) is 15.6 Å². The molecule has 1 heterocycles. The van der Waals surface area contributed by atoms with Crippen LogP contribution in [0.25, 0.3) is 11.3 Å². The number of carboxylic acids is 1. The number of benzene rings is 1. The maximum absolute atomic E-state index is 12.9. The summed E-state index contributed by atoms with van der Waals surface area (Å²) in [6.45, 7) is 1.71. The molecule has 0 saturated heterocycles. The van der Waals surface area contributed by atoms with Gasteiger partial charge in [-0.25, -0.2) is 9.18 Å². The van der Waals surface area contributed by atoms with Crippen molar-refractivity contribution in [1.82, 2.24) is 4.57 Å². The lowest BCUT2D eigenvalue weighted by molar-refractivity contribution is 0.0695. The van der Waals surface area contributed by atoms with Crippen molar-refractivity contribution < 1.29 is 14.3 Å². The van der Waals surface area contributed by atoms with Crippen molar-refractivity contribution in [2.45, 2.75) is 6.92 Å². The van der Waals surface area contributed by atoms with Crippen LogP contribution in [0, 0.1) is 12.7 Å². The molecule has 0 amide bonds. The first-order valence-corrected chi connectivity index (χ1v) is 5.61. The standard InChI is InChI=1S/C14H12FNO3/c1-8-7-11(17)12(14(18)19)13(16(8)2)9-3-5-10(15)6-4-9/h3-7H,1-2H3,(H,18,19). The van der Waals surface area contributed by atoms with Crippen LogP contribution in [0.15, 0.2) is 35.1 Å². The van der Waals surface area contributed by atoms with Gasteiger partial charge in [-0.05, 0) is 36.8 Å². The highest BCUT2D eigenvalue weighted by Gasteiger charge is 2.19. The first kappa shape index (κ1) is 13.0. The van der Waals surface area contributed by atoms with Gasteiger partial charge < -0.3 is 9.67 Å². The van der Waals surface area contributed by atoms with Gasteiger partial charge in [0.25, 0.3) is 0 Å². The van der Waals surface area contributed by atoms with E-state index in [9.17, 15) is 19.1 Å². The van der Waals surface area contributed by atoms with Gasteiger partial charge in [0.1, 0.15) is 11.4 Å². The Bertz CT molecular complexity index is 702. The largest absolute Gasteiger partial charge is 0.477 e. The summed E-state index contributed by atoms with van der Waals surface area (Å²) < 4.78 is 14.5. The lowest BCUT2D eigenvalue weighted by Crippen LogP contribution is -2.21. The van der Waals surface area contributed by atoms with Crippen LogP contribution in [0.1, 0.15) is 16.1 Å². The van der Waals surface area contributed by atoms with Gasteiger partial charge >= 0.3 is 5.97 Å². The minimum Gasteiger partial charge on any atom is -0.477 e. The number of hydrogen-bond acceptors (Lipinski definition) is 2. The van der Waals surface area contributed by atoms with Gasteiger partial charge in [-0.1, -0.05) is 0 Å². The van der Waals surface area contributed by atoms with Crippen LogP contribution < -0.4 is 5.43 Å². The zero-order chi connectivity index (χ0) is 14.2. The van der Waals surface area contributed by atoms with Crippen LogP contribution in [0.5, 0.6) is 0 Å². The Morgan fingerprint density at radius 1 is 1.26 bits per heavy atom. The first-order valence-electron chi connectivity index (χ1n) is 5.61. The topological polar surface area (TPSA) is 59.3 Å². The minimum absolute atomic E-state index is 0.275. The predicted molar refractivity (Wildman–Crippen MR) is 68.8 cm³/mol. The average Bonchev–Trinajstić information content (AvgIpc) is 2.34. The number of carbonyl (C=O) groups is 1. The summed E-state index contributed by atoms with van der Waals surface area (Å²) in [5.74, 6) is -1.71. The maximum Gasteiger partial charge on any atom is 0.341 e. The maximum atomic E-state index is 12.9. The summed E-state index contributed by atoms with van der Waals surface area (Å²) >= 11 is 0. The molecule has 2 rings (SSSR count). The van der Waals surface area contributed by atoms with Crippen LogP contribution >= 0.6 is 0 Å². The van der Waals surface area contributed by atoms with Crippen LogP contribution in [0.2, 0.25) is 0 Å². The fourth-order valence-electron chi connectivity index (χ4n) is 1.97. The normalized spacial score (nSPS) is 10.5. The molecule has 1 aromatic carbocycles. The van der Waals surface area contributed by atoms with Gasteiger partial charge in [0.2, 0.25) is 0 Å². The summed E-state index contributed by atoms with van der Waals surface area (Å²) in [5.41, 5.74) is 0.538. The Hall–Kier alpha value is -2.43. The van der Waals surface area contributed by atoms with E-state index in [0.717, 1.165) is 0 Å². The van der Waals surface area contributed by atoms with E-state index in [0.29, 0.717) is 11.3 Å². The van der Waals surface area contributed by atoms with Crippen molar-refractivity contribution in [2.75, 3.05) is 0 Å². The van der Waals surface area contributed by atoms with Crippen LogP contribution in [0.3, 0.4) is 0 Å². The van der Waals surface area contributed by atoms with E-state index in [1.807, 2.05) is 0 Å². The number of halogens is 1. The molecule has 0 saturated carbocycles. The van der Waals surface area contributed by atoms with Gasteiger partial charge in [0.15, 0.2) is 5.43 Å². The van der Waals surface area contributed by atoms with Gasteiger partial charge in [0.05, 0.1) is 5.69 Å². The van der Waals surface area contributed by atoms with E-state index >= 15 is 0 Å². The molecule has 0 aliphatic carbocycles. The molecule has 0 atom stereocenters. The van der Waals surface area contributed by atoms with Gasteiger partial charge in [-0.3, -0.25) is 4.79 Å². The third kappa shape index (κ3) is 2.27. The molecule has 4 nitrogen and oxygen atoms in total. The second-order valence-electron chi connectivity index (χ2n) is 4.24. The molecular formula is C14H12FNO3. The number of hydrogen-bond donors (Lipinski definition) is 1. The van der Waals surface area contributed by atoms with E-state index in [1.54, 1.807) is 18.5 Å². The Kier molecular flexibility index (Phi) is 3.21. The summed E-state index contributed by atoms with van der Waals surface area (Å²) in [6, 6.07) is 6.64. The van der Waals surface area contributed by atoms with Gasteiger partial charge in [-0.2, -0.15) is 0 Å². The van der Waals surface area contributed by atoms with Crippen LogP contribution in [-0.2, 0) is 7.05 Å².